The third kappa shape index (κ3) is 4.29. The summed E-state index contributed by atoms with van der Waals surface area (Å²) in [5.41, 5.74) is 1.96. The van der Waals surface area contributed by atoms with E-state index in [4.69, 9.17) is 14.6 Å². The predicted octanol–water partition coefficient (Wildman–Crippen LogP) is 1.98. The van der Waals surface area contributed by atoms with Gasteiger partial charge in [-0.25, -0.2) is 4.79 Å². The fourth-order valence-corrected chi connectivity index (χ4v) is 2.73. The lowest BCUT2D eigenvalue weighted by Crippen LogP contribution is -2.31. The summed E-state index contributed by atoms with van der Waals surface area (Å²) in [6, 6.07) is 14.8. The van der Waals surface area contributed by atoms with Gasteiger partial charge in [-0.05, 0) is 30.2 Å². The Bertz CT molecular complexity index is 757. The van der Waals surface area contributed by atoms with Gasteiger partial charge in [0.2, 0.25) is 5.91 Å². The van der Waals surface area contributed by atoms with Gasteiger partial charge in [0.15, 0.2) is 6.61 Å². The van der Waals surface area contributed by atoms with E-state index in [9.17, 15) is 9.59 Å². The minimum absolute atomic E-state index is 0.0358. The van der Waals surface area contributed by atoms with Crippen molar-refractivity contribution in [3.63, 3.8) is 0 Å². The largest absolute Gasteiger partial charge is 0.492 e. The number of carboxylic acid groups (broad SMARTS) is 1. The van der Waals surface area contributed by atoms with Crippen molar-refractivity contribution in [1.29, 1.82) is 0 Å². The zero-order chi connectivity index (χ0) is 17.6. The molecule has 1 aliphatic rings. The molecule has 0 saturated carbocycles. The lowest BCUT2D eigenvalue weighted by atomic mass is 10.0. The second kappa shape index (κ2) is 7.70. The van der Waals surface area contributed by atoms with Gasteiger partial charge in [0.1, 0.15) is 24.0 Å². The van der Waals surface area contributed by atoms with Crippen molar-refractivity contribution in [2.75, 3.05) is 19.8 Å². The predicted molar refractivity (Wildman–Crippen MR) is 91.0 cm³/mol. The monoisotopic (exact) mass is 341 g/mol. The summed E-state index contributed by atoms with van der Waals surface area (Å²) < 4.78 is 10.6. The molecule has 0 radical (unpaired) electrons. The van der Waals surface area contributed by atoms with E-state index in [2.05, 4.69) is 5.32 Å². The Kier molecular flexibility index (Phi) is 5.18. The van der Waals surface area contributed by atoms with Crippen molar-refractivity contribution in [3.05, 3.63) is 59.7 Å². The molecule has 2 aromatic rings. The Balaban J connectivity index is 1.47. The molecule has 1 aliphatic heterocycles. The molecule has 0 spiro atoms. The van der Waals surface area contributed by atoms with Gasteiger partial charge >= 0.3 is 5.97 Å². The summed E-state index contributed by atoms with van der Waals surface area (Å²) in [6.45, 7) is 0.536. The Hall–Kier alpha value is -3.02. The average Bonchev–Trinajstić information content (AvgIpc) is 3.05. The quantitative estimate of drug-likeness (QED) is 0.804. The van der Waals surface area contributed by atoms with Crippen molar-refractivity contribution < 1.29 is 24.2 Å². The molecule has 0 aromatic heterocycles. The van der Waals surface area contributed by atoms with Crippen LogP contribution in [0.2, 0.25) is 0 Å². The van der Waals surface area contributed by atoms with E-state index >= 15 is 0 Å². The van der Waals surface area contributed by atoms with Gasteiger partial charge in [-0.3, -0.25) is 4.79 Å². The number of carbonyl (C=O) groups excluding carboxylic acids is 1. The lowest BCUT2D eigenvalue weighted by Gasteiger charge is -2.10. The SMILES string of the molecule is O=C(O)COc1ccc(CCNC(=O)C2COc3ccccc32)cc1. The van der Waals surface area contributed by atoms with Crippen LogP contribution in [0.1, 0.15) is 17.0 Å². The summed E-state index contributed by atoms with van der Waals surface area (Å²) in [7, 11) is 0. The lowest BCUT2D eigenvalue weighted by molar-refractivity contribution is -0.139. The maximum atomic E-state index is 12.3. The van der Waals surface area contributed by atoms with E-state index in [1.165, 1.54) is 0 Å². The first-order chi connectivity index (χ1) is 12.1. The van der Waals surface area contributed by atoms with E-state index < -0.39 is 5.97 Å². The van der Waals surface area contributed by atoms with Crippen LogP contribution in [-0.4, -0.2) is 36.7 Å². The summed E-state index contributed by atoms with van der Waals surface area (Å²) >= 11 is 0. The van der Waals surface area contributed by atoms with Crippen LogP contribution in [0.4, 0.5) is 0 Å². The van der Waals surface area contributed by atoms with Gasteiger partial charge in [0.25, 0.3) is 0 Å². The number of para-hydroxylation sites is 1. The molecule has 0 bridgehead atoms. The molecule has 0 aliphatic carbocycles. The molecule has 1 unspecified atom stereocenters. The summed E-state index contributed by atoms with van der Waals surface area (Å²) in [6.07, 6.45) is 0.681. The molecule has 2 N–H and O–H groups in total. The number of ether oxygens (including phenoxy) is 2. The third-order valence-electron chi connectivity index (χ3n) is 4.01. The van der Waals surface area contributed by atoms with E-state index in [-0.39, 0.29) is 18.4 Å². The zero-order valence-electron chi connectivity index (χ0n) is 13.6. The first-order valence-electron chi connectivity index (χ1n) is 8.06. The number of benzene rings is 2. The second-order valence-corrected chi connectivity index (χ2v) is 5.77. The maximum Gasteiger partial charge on any atom is 0.341 e. The van der Waals surface area contributed by atoms with Gasteiger partial charge in [-0.1, -0.05) is 30.3 Å². The summed E-state index contributed by atoms with van der Waals surface area (Å²) in [5.74, 6) is -0.0203. The number of hydrogen-bond donors (Lipinski definition) is 2. The Morgan fingerprint density at radius 2 is 1.92 bits per heavy atom. The van der Waals surface area contributed by atoms with Crippen LogP contribution in [0.5, 0.6) is 11.5 Å². The molecule has 130 valence electrons. The fourth-order valence-electron chi connectivity index (χ4n) is 2.73. The summed E-state index contributed by atoms with van der Waals surface area (Å²) in [5, 5.41) is 11.5. The number of amides is 1. The van der Waals surface area contributed by atoms with Gasteiger partial charge < -0.3 is 19.9 Å². The first kappa shape index (κ1) is 16.8. The molecule has 1 heterocycles. The van der Waals surface area contributed by atoms with E-state index in [1.807, 2.05) is 36.4 Å². The Morgan fingerprint density at radius 1 is 1.16 bits per heavy atom. The molecular formula is C19H19NO5. The Morgan fingerprint density at radius 3 is 2.68 bits per heavy atom. The smallest absolute Gasteiger partial charge is 0.341 e. The van der Waals surface area contributed by atoms with Crippen molar-refractivity contribution in [2.24, 2.45) is 0 Å². The minimum atomic E-state index is -1.01. The van der Waals surface area contributed by atoms with Crippen LogP contribution in [0.3, 0.4) is 0 Å². The zero-order valence-corrected chi connectivity index (χ0v) is 13.6. The number of rotatable bonds is 7. The van der Waals surface area contributed by atoms with Crippen LogP contribution in [-0.2, 0) is 16.0 Å². The molecule has 25 heavy (non-hydrogen) atoms. The molecule has 6 nitrogen and oxygen atoms in total. The molecule has 0 saturated heterocycles. The number of nitrogens with one attached hydrogen (secondary N) is 1. The van der Waals surface area contributed by atoms with Crippen molar-refractivity contribution in [2.45, 2.75) is 12.3 Å². The molecule has 1 amide bonds. The molecule has 2 aromatic carbocycles. The molecule has 3 rings (SSSR count). The number of carbonyl (C=O) groups is 2. The average molecular weight is 341 g/mol. The highest BCUT2D eigenvalue weighted by atomic mass is 16.5. The fraction of sp³-hybridized carbons (Fsp3) is 0.263. The topological polar surface area (TPSA) is 84.9 Å². The van der Waals surface area contributed by atoms with Gasteiger partial charge in [-0.2, -0.15) is 0 Å². The second-order valence-electron chi connectivity index (χ2n) is 5.77. The standard InChI is InChI=1S/C19H19NO5/c21-18(22)12-24-14-7-5-13(6-8-14)9-10-20-19(23)16-11-25-17-4-2-1-3-15(16)17/h1-8,16H,9-12H2,(H,20,23)(H,21,22). The maximum absolute atomic E-state index is 12.3. The van der Waals surface area contributed by atoms with Crippen LogP contribution >= 0.6 is 0 Å². The highest BCUT2D eigenvalue weighted by Crippen LogP contribution is 2.33. The molecule has 1 atom stereocenters. The highest BCUT2D eigenvalue weighted by molar-refractivity contribution is 5.85. The van der Waals surface area contributed by atoms with Crippen molar-refractivity contribution in [1.82, 2.24) is 5.32 Å². The van der Waals surface area contributed by atoms with Crippen molar-refractivity contribution >= 4 is 11.9 Å². The van der Waals surface area contributed by atoms with Crippen molar-refractivity contribution in [3.8, 4) is 11.5 Å². The number of hydrogen-bond acceptors (Lipinski definition) is 4. The first-order valence-corrected chi connectivity index (χ1v) is 8.06. The highest BCUT2D eigenvalue weighted by Gasteiger charge is 2.29. The number of carboxylic acids is 1. The van der Waals surface area contributed by atoms with Crippen LogP contribution < -0.4 is 14.8 Å². The number of fused-ring (bicyclic) bond motifs is 1. The number of aliphatic carboxylic acids is 1. The van der Waals surface area contributed by atoms with Gasteiger partial charge in [-0.15, -0.1) is 0 Å². The molecule has 6 heteroatoms. The van der Waals surface area contributed by atoms with Crippen LogP contribution in [0.15, 0.2) is 48.5 Å². The molecular weight excluding hydrogens is 322 g/mol. The van der Waals surface area contributed by atoms with Gasteiger partial charge in [0.05, 0.1) is 0 Å². The normalized spacial score (nSPS) is 15.1. The van der Waals surface area contributed by atoms with Crippen LogP contribution in [0, 0.1) is 0 Å². The Labute approximate surface area is 145 Å². The van der Waals surface area contributed by atoms with E-state index in [0.29, 0.717) is 25.3 Å². The van der Waals surface area contributed by atoms with Crippen LogP contribution in [0.25, 0.3) is 0 Å². The minimum Gasteiger partial charge on any atom is -0.492 e. The third-order valence-corrected chi connectivity index (χ3v) is 4.01. The van der Waals surface area contributed by atoms with Gasteiger partial charge in [0, 0.05) is 12.1 Å². The van der Waals surface area contributed by atoms with E-state index in [0.717, 1.165) is 16.9 Å². The van der Waals surface area contributed by atoms with E-state index in [1.54, 1.807) is 12.1 Å². The summed E-state index contributed by atoms with van der Waals surface area (Å²) in [4.78, 5) is 22.8. The molecule has 0 fully saturated rings.